The number of thiophene rings is 1. The Balaban J connectivity index is 2.56. The zero-order chi connectivity index (χ0) is 12.2. The molecule has 1 unspecified atom stereocenters. The molecule has 0 aliphatic carbocycles. The van der Waals surface area contributed by atoms with E-state index >= 15 is 0 Å². The monoisotopic (exact) mass is 251 g/mol. The van der Waals surface area contributed by atoms with Crippen molar-refractivity contribution in [3.05, 3.63) is 21.9 Å². The van der Waals surface area contributed by atoms with Crippen LogP contribution >= 0.6 is 11.3 Å². The van der Waals surface area contributed by atoms with Gasteiger partial charge >= 0.3 is 6.18 Å². The number of likely N-dealkylation sites (N-methyl/N-ethyl adjacent to an activating group) is 1. The van der Waals surface area contributed by atoms with Crippen LogP contribution in [0.4, 0.5) is 13.2 Å². The molecule has 0 spiro atoms. The van der Waals surface area contributed by atoms with Crippen LogP contribution < -0.4 is 5.32 Å². The SMILES string of the molecule is CCc1ccc(CC(CC(F)(F)F)NC)s1. The highest BCUT2D eigenvalue weighted by Gasteiger charge is 2.31. The van der Waals surface area contributed by atoms with Crippen molar-refractivity contribution < 1.29 is 13.2 Å². The lowest BCUT2D eigenvalue weighted by Crippen LogP contribution is -2.32. The first-order valence-electron chi connectivity index (χ1n) is 5.26. The van der Waals surface area contributed by atoms with E-state index in [4.69, 9.17) is 0 Å². The quantitative estimate of drug-likeness (QED) is 0.845. The van der Waals surface area contributed by atoms with Crippen molar-refractivity contribution in [2.24, 2.45) is 0 Å². The van der Waals surface area contributed by atoms with Gasteiger partial charge in [0.05, 0.1) is 6.42 Å². The van der Waals surface area contributed by atoms with Gasteiger partial charge in [-0.1, -0.05) is 6.92 Å². The minimum Gasteiger partial charge on any atom is -0.316 e. The summed E-state index contributed by atoms with van der Waals surface area (Å²) in [5.41, 5.74) is 0. The Morgan fingerprint density at radius 1 is 1.31 bits per heavy atom. The lowest BCUT2D eigenvalue weighted by Gasteiger charge is -2.17. The topological polar surface area (TPSA) is 12.0 Å². The molecule has 0 bridgehead atoms. The Hall–Kier alpha value is -0.550. The fraction of sp³-hybridized carbons (Fsp3) is 0.636. The molecule has 1 rings (SSSR count). The molecule has 1 nitrogen and oxygen atoms in total. The normalized spacial score (nSPS) is 14.1. The first-order chi connectivity index (χ1) is 7.44. The average Bonchev–Trinajstić information content (AvgIpc) is 2.62. The van der Waals surface area contributed by atoms with Gasteiger partial charge in [-0.15, -0.1) is 11.3 Å². The van der Waals surface area contributed by atoms with E-state index in [0.717, 1.165) is 11.3 Å². The summed E-state index contributed by atoms with van der Waals surface area (Å²) in [6.45, 7) is 2.04. The highest BCUT2D eigenvalue weighted by atomic mass is 32.1. The van der Waals surface area contributed by atoms with Crippen LogP contribution in [-0.4, -0.2) is 19.3 Å². The van der Waals surface area contributed by atoms with Gasteiger partial charge in [-0.25, -0.2) is 0 Å². The van der Waals surface area contributed by atoms with Gasteiger partial charge in [-0.2, -0.15) is 13.2 Å². The van der Waals surface area contributed by atoms with Crippen LogP contribution in [0.5, 0.6) is 0 Å². The number of hydrogen-bond acceptors (Lipinski definition) is 2. The van der Waals surface area contributed by atoms with Gasteiger partial charge in [-0.05, 0) is 32.0 Å². The molecule has 0 aliphatic heterocycles. The molecule has 1 aromatic heterocycles. The fourth-order valence-corrected chi connectivity index (χ4v) is 2.56. The first kappa shape index (κ1) is 13.5. The number of rotatable bonds is 5. The molecular formula is C11H16F3NS. The van der Waals surface area contributed by atoms with Gasteiger partial charge < -0.3 is 5.32 Å². The Morgan fingerprint density at radius 3 is 2.38 bits per heavy atom. The lowest BCUT2D eigenvalue weighted by molar-refractivity contribution is -0.139. The lowest BCUT2D eigenvalue weighted by atomic mass is 10.1. The highest BCUT2D eigenvalue weighted by Crippen LogP contribution is 2.25. The first-order valence-corrected chi connectivity index (χ1v) is 6.08. The summed E-state index contributed by atoms with van der Waals surface area (Å²) in [4.78, 5) is 2.23. The Bertz CT molecular complexity index is 319. The van der Waals surface area contributed by atoms with Gasteiger partial charge in [0, 0.05) is 15.8 Å². The van der Waals surface area contributed by atoms with Crippen LogP contribution in [0, 0.1) is 0 Å². The molecule has 1 heterocycles. The molecule has 92 valence electrons. The second-order valence-electron chi connectivity index (χ2n) is 3.73. The second kappa shape index (κ2) is 5.68. The van der Waals surface area contributed by atoms with E-state index in [1.807, 2.05) is 19.1 Å². The second-order valence-corrected chi connectivity index (χ2v) is 4.98. The molecule has 0 saturated heterocycles. The van der Waals surface area contributed by atoms with Gasteiger partial charge in [0.25, 0.3) is 0 Å². The van der Waals surface area contributed by atoms with Crippen molar-refractivity contribution in [2.75, 3.05) is 7.05 Å². The molecule has 0 aromatic carbocycles. The number of alkyl halides is 3. The van der Waals surface area contributed by atoms with Crippen molar-refractivity contribution in [1.82, 2.24) is 5.32 Å². The molecule has 0 saturated carbocycles. The molecule has 0 amide bonds. The molecule has 0 aliphatic rings. The van der Waals surface area contributed by atoms with Crippen LogP contribution in [0.25, 0.3) is 0 Å². The summed E-state index contributed by atoms with van der Waals surface area (Å²) in [6.07, 6.45) is -3.49. The van der Waals surface area contributed by atoms with Gasteiger partial charge in [0.1, 0.15) is 0 Å². The molecule has 1 atom stereocenters. The van der Waals surface area contributed by atoms with Gasteiger partial charge in [-0.3, -0.25) is 0 Å². The summed E-state index contributed by atoms with van der Waals surface area (Å²) >= 11 is 1.60. The number of hydrogen-bond donors (Lipinski definition) is 1. The Kier molecular flexibility index (Phi) is 4.80. The maximum Gasteiger partial charge on any atom is 0.390 e. The summed E-state index contributed by atoms with van der Waals surface area (Å²) in [7, 11) is 1.57. The summed E-state index contributed by atoms with van der Waals surface area (Å²) < 4.78 is 36.7. The van der Waals surface area contributed by atoms with Crippen molar-refractivity contribution >= 4 is 11.3 Å². The average molecular weight is 251 g/mol. The summed E-state index contributed by atoms with van der Waals surface area (Å²) in [5.74, 6) is 0. The third-order valence-electron chi connectivity index (χ3n) is 2.40. The number of nitrogens with one attached hydrogen (secondary N) is 1. The van der Waals surface area contributed by atoms with Crippen LogP contribution in [-0.2, 0) is 12.8 Å². The summed E-state index contributed by atoms with van der Waals surface area (Å²) in [6, 6.07) is 3.38. The third-order valence-corrected chi connectivity index (χ3v) is 3.65. The zero-order valence-electron chi connectivity index (χ0n) is 9.40. The minimum absolute atomic E-state index is 0.445. The predicted octanol–water partition coefficient (Wildman–Crippen LogP) is 3.39. The fourth-order valence-electron chi connectivity index (χ4n) is 1.52. The Labute approximate surface area is 97.7 Å². The van der Waals surface area contributed by atoms with E-state index in [1.54, 1.807) is 18.4 Å². The zero-order valence-corrected chi connectivity index (χ0v) is 10.2. The maximum absolute atomic E-state index is 12.2. The Morgan fingerprint density at radius 2 is 1.94 bits per heavy atom. The van der Waals surface area contributed by atoms with E-state index in [-0.39, 0.29) is 0 Å². The molecule has 0 fully saturated rings. The molecular weight excluding hydrogens is 235 g/mol. The third kappa shape index (κ3) is 4.53. The predicted molar refractivity (Wildman–Crippen MR) is 60.9 cm³/mol. The van der Waals surface area contributed by atoms with Gasteiger partial charge in [0.2, 0.25) is 0 Å². The van der Waals surface area contributed by atoms with Crippen molar-refractivity contribution in [1.29, 1.82) is 0 Å². The molecule has 0 radical (unpaired) electrons. The largest absolute Gasteiger partial charge is 0.390 e. The van der Waals surface area contributed by atoms with Gasteiger partial charge in [0.15, 0.2) is 0 Å². The van der Waals surface area contributed by atoms with E-state index in [2.05, 4.69) is 5.32 Å². The summed E-state index contributed by atoms with van der Waals surface area (Å²) in [5, 5.41) is 2.72. The smallest absolute Gasteiger partial charge is 0.316 e. The van der Waals surface area contributed by atoms with Crippen molar-refractivity contribution in [3.8, 4) is 0 Å². The van der Waals surface area contributed by atoms with Crippen LogP contribution in [0.2, 0.25) is 0 Å². The molecule has 16 heavy (non-hydrogen) atoms. The molecule has 1 N–H and O–H groups in total. The van der Waals surface area contributed by atoms with Crippen LogP contribution in [0.15, 0.2) is 12.1 Å². The van der Waals surface area contributed by atoms with Crippen molar-refractivity contribution in [2.45, 2.75) is 38.4 Å². The number of aryl methyl sites for hydroxylation is 1. The standard InChI is InChI=1S/C11H16F3NS/c1-3-9-4-5-10(16-9)6-8(15-2)7-11(12,13)14/h4-5,8,15H,3,6-7H2,1-2H3. The molecule has 5 heteroatoms. The minimum atomic E-state index is -4.10. The van der Waals surface area contributed by atoms with Crippen LogP contribution in [0.3, 0.4) is 0 Å². The van der Waals surface area contributed by atoms with E-state index in [9.17, 15) is 13.2 Å². The van der Waals surface area contributed by atoms with Crippen LogP contribution in [0.1, 0.15) is 23.1 Å². The van der Waals surface area contributed by atoms with E-state index in [1.165, 1.54) is 4.88 Å². The van der Waals surface area contributed by atoms with E-state index < -0.39 is 18.6 Å². The molecule has 1 aromatic rings. The number of halogens is 3. The highest BCUT2D eigenvalue weighted by molar-refractivity contribution is 7.11. The van der Waals surface area contributed by atoms with Crippen molar-refractivity contribution in [3.63, 3.8) is 0 Å². The van der Waals surface area contributed by atoms with E-state index in [0.29, 0.717) is 6.42 Å². The maximum atomic E-state index is 12.2.